The zero-order valence-electron chi connectivity index (χ0n) is 13.5. The van der Waals surface area contributed by atoms with Gasteiger partial charge >= 0.3 is 0 Å². The topological polar surface area (TPSA) is 58.5 Å². The van der Waals surface area contributed by atoms with Gasteiger partial charge in [-0.3, -0.25) is 9.69 Å². The molecule has 1 fully saturated rings. The van der Waals surface area contributed by atoms with E-state index in [9.17, 15) is 4.79 Å². The molecule has 128 valence electrons. The molecule has 0 atom stereocenters. The van der Waals surface area contributed by atoms with Gasteiger partial charge in [0.05, 0.1) is 4.91 Å². The summed E-state index contributed by atoms with van der Waals surface area (Å²) in [4.78, 5) is 19.4. The predicted octanol–water partition coefficient (Wildman–Crippen LogP) is 4.54. The van der Waals surface area contributed by atoms with Crippen LogP contribution in [0.1, 0.15) is 17.5 Å². The highest BCUT2D eigenvalue weighted by atomic mass is 35.5. The number of amides is 1. The molecular weight excluding hydrogens is 376 g/mol. The molecule has 0 saturated carbocycles. The number of amidine groups is 1. The Hall–Kier alpha value is -1.96. The highest BCUT2D eigenvalue weighted by Gasteiger charge is 2.32. The molecule has 5 nitrogen and oxygen atoms in total. The molecule has 0 radical (unpaired) electrons. The molecule has 8 heteroatoms. The summed E-state index contributed by atoms with van der Waals surface area (Å²) >= 11 is 8.66. The SMILES string of the molecule is C=CCN1C(=O)/C(=C\c2ccc(Cl)cc2)SC1=Nc1nnc(CC)s1. The maximum absolute atomic E-state index is 12.7. The molecule has 1 aromatic carbocycles. The average Bonchev–Trinajstić information content (AvgIpc) is 3.17. The van der Waals surface area contributed by atoms with Gasteiger partial charge in [0, 0.05) is 11.6 Å². The predicted molar refractivity (Wildman–Crippen MR) is 105 cm³/mol. The number of hydrogen-bond acceptors (Lipinski definition) is 6. The molecule has 0 aliphatic carbocycles. The molecule has 1 saturated heterocycles. The lowest BCUT2D eigenvalue weighted by molar-refractivity contribution is -0.121. The van der Waals surface area contributed by atoms with Crippen molar-refractivity contribution < 1.29 is 4.79 Å². The lowest BCUT2D eigenvalue weighted by Crippen LogP contribution is -2.29. The monoisotopic (exact) mass is 390 g/mol. The van der Waals surface area contributed by atoms with Gasteiger partial charge in [-0.25, -0.2) is 0 Å². The molecule has 0 unspecified atom stereocenters. The Morgan fingerprint density at radius 1 is 1.32 bits per heavy atom. The third-order valence-corrected chi connectivity index (χ3v) is 5.54. The Morgan fingerprint density at radius 2 is 2.08 bits per heavy atom. The molecule has 3 rings (SSSR count). The van der Waals surface area contributed by atoms with Crippen LogP contribution in [0, 0.1) is 0 Å². The van der Waals surface area contributed by atoms with Crippen molar-refractivity contribution in [3.63, 3.8) is 0 Å². The molecule has 0 spiro atoms. The Labute approximate surface area is 159 Å². The van der Waals surface area contributed by atoms with E-state index in [1.165, 1.54) is 23.1 Å². The van der Waals surface area contributed by atoms with Crippen LogP contribution < -0.4 is 0 Å². The molecule has 1 aliphatic rings. The van der Waals surface area contributed by atoms with Gasteiger partial charge in [-0.2, -0.15) is 4.99 Å². The van der Waals surface area contributed by atoms with Crippen LogP contribution in [0.15, 0.2) is 46.8 Å². The third kappa shape index (κ3) is 4.18. The summed E-state index contributed by atoms with van der Waals surface area (Å²) in [6.07, 6.45) is 4.32. The quantitative estimate of drug-likeness (QED) is 0.555. The van der Waals surface area contributed by atoms with E-state index < -0.39 is 0 Å². The standard InChI is InChI=1S/C17H15ClN4OS2/c1-3-9-22-15(23)13(10-11-5-7-12(18)8-6-11)24-17(22)19-16-21-20-14(4-2)25-16/h3,5-8,10H,1,4,9H2,2H3/b13-10+,19-17?. The molecule has 2 heterocycles. The van der Waals surface area contributed by atoms with Crippen LogP contribution in [0.3, 0.4) is 0 Å². The Morgan fingerprint density at radius 3 is 2.72 bits per heavy atom. The highest BCUT2D eigenvalue weighted by molar-refractivity contribution is 8.18. The molecule has 1 aliphatic heterocycles. The fourth-order valence-corrected chi connectivity index (χ4v) is 3.93. The number of carbonyl (C=O) groups is 1. The van der Waals surface area contributed by atoms with Crippen LogP contribution in [0.5, 0.6) is 0 Å². The first-order valence-corrected chi connectivity index (χ1v) is 9.60. The second-order valence-corrected chi connectivity index (χ2v) is 7.58. The zero-order chi connectivity index (χ0) is 17.8. The summed E-state index contributed by atoms with van der Waals surface area (Å²) in [5, 5.41) is 10.8. The van der Waals surface area contributed by atoms with Gasteiger partial charge in [0.1, 0.15) is 5.01 Å². The van der Waals surface area contributed by atoms with Crippen molar-refractivity contribution in [3.05, 3.63) is 57.4 Å². The number of aryl methyl sites for hydroxylation is 1. The summed E-state index contributed by atoms with van der Waals surface area (Å²) in [6.45, 7) is 6.13. The third-order valence-electron chi connectivity index (χ3n) is 3.32. The minimum absolute atomic E-state index is 0.0983. The molecule has 2 aromatic rings. The van der Waals surface area contributed by atoms with Crippen molar-refractivity contribution in [2.45, 2.75) is 13.3 Å². The minimum atomic E-state index is -0.0983. The number of halogens is 1. The van der Waals surface area contributed by atoms with Crippen molar-refractivity contribution in [2.75, 3.05) is 6.54 Å². The van der Waals surface area contributed by atoms with Crippen molar-refractivity contribution in [1.29, 1.82) is 0 Å². The number of benzene rings is 1. The van der Waals surface area contributed by atoms with E-state index in [4.69, 9.17) is 11.6 Å². The number of thioether (sulfide) groups is 1. The second kappa shape index (κ2) is 7.95. The summed E-state index contributed by atoms with van der Waals surface area (Å²) in [6, 6.07) is 7.33. The normalized spacial score (nSPS) is 17.7. The van der Waals surface area contributed by atoms with E-state index in [-0.39, 0.29) is 5.91 Å². The van der Waals surface area contributed by atoms with Gasteiger partial charge in [0.2, 0.25) is 5.13 Å². The van der Waals surface area contributed by atoms with Gasteiger partial charge < -0.3 is 0 Å². The van der Waals surface area contributed by atoms with Crippen LogP contribution in [0.4, 0.5) is 5.13 Å². The molecule has 0 N–H and O–H groups in total. The van der Waals surface area contributed by atoms with Crippen LogP contribution in [0.2, 0.25) is 5.02 Å². The summed E-state index contributed by atoms with van der Waals surface area (Å²) in [5.41, 5.74) is 0.907. The highest BCUT2D eigenvalue weighted by Crippen LogP contribution is 2.34. The van der Waals surface area contributed by atoms with Gasteiger partial charge in [-0.05, 0) is 42.0 Å². The molecule has 1 amide bonds. The molecule has 0 bridgehead atoms. The van der Waals surface area contributed by atoms with E-state index >= 15 is 0 Å². The number of aromatic nitrogens is 2. The molecular formula is C17H15ClN4OS2. The number of nitrogens with zero attached hydrogens (tertiary/aromatic N) is 4. The first-order valence-electron chi connectivity index (χ1n) is 7.59. The van der Waals surface area contributed by atoms with E-state index in [0.717, 1.165) is 17.0 Å². The Balaban J connectivity index is 1.91. The van der Waals surface area contributed by atoms with E-state index in [2.05, 4.69) is 21.8 Å². The summed E-state index contributed by atoms with van der Waals surface area (Å²) < 4.78 is 0. The van der Waals surface area contributed by atoms with Crippen molar-refractivity contribution in [1.82, 2.24) is 15.1 Å². The minimum Gasteiger partial charge on any atom is -0.282 e. The molecule has 25 heavy (non-hydrogen) atoms. The van der Waals surface area contributed by atoms with Crippen molar-refractivity contribution >= 4 is 57.0 Å². The summed E-state index contributed by atoms with van der Waals surface area (Å²) in [7, 11) is 0. The maximum Gasteiger partial charge on any atom is 0.267 e. The number of hydrogen-bond donors (Lipinski definition) is 0. The van der Waals surface area contributed by atoms with Gasteiger partial charge in [0.25, 0.3) is 5.91 Å². The fourth-order valence-electron chi connectivity index (χ4n) is 2.11. The first-order chi connectivity index (χ1) is 12.1. The van der Waals surface area contributed by atoms with E-state index in [0.29, 0.717) is 26.8 Å². The lowest BCUT2D eigenvalue weighted by Gasteiger charge is -2.11. The van der Waals surface area contributed by atoms with E-state index in [1.54, 1.807) is 23.1 Å². The van der Waals surface area contributed by atoms with Crippen LogP contribution in [0.25, 0.3) is 6.08 Å². The number of rotatable bonds is 5. The van der Waals surface area contributed by atoms with Gasteiger partial charge in [-0.1, -0.05) is 48.1 Å². The first kappa shape index (κ1) is 17.8. The smallest absolute Gasteiger partial charge is 0.267 e. The average molecular weight is 391 g/mol. The zero-order valence-corrected chi connectivity index (χ0v) is 15.9. The summed E-state index contributed by atoms with van der Waals surface area (Å²) in [5.74, 6) is -0.0983. The van der Waals surface area contributed by atoms with Crippen LogP contribution in [-0.4, -0.2) is 32.7 Å². The van der Waals surface area contributed by atoms with Gasteiger partial charge in [-0.15, -0.1) is 16.8 Å². The van der Waals surface area contributed by atoms with Gasteiger partial charge in [0.15, 0.2) is 5.17 Å². The maximum atomic E-state index is 12.7. The van der Waals surface area contributed by atoms with Crippen LogP contribution >= 0.6 is 34.7 Å². The Kier molecular flexibility index (Phi) is 5.67. The molecule has 1 aromatic heterocycles. The van der Waals surface area contributed by atoms with Crippen molar-refractivity contribution in [3.8, 4) is 0 Å². The Bertz CT molecular complexity index is 858. The fraction of sp³-hybridized carbons (Fsp3) is 0.176. The van der Waals surface area contributed by atoms with Crippen LogP contribution in [-0.2, 0) is 11.2 Å². The number of carbonyl (C=O) groups excluding carboxylic acids is 1. The number of aliphatic imine (C=N–C) groups is 1. The largest absolute Gasteiger partial charge is 0.282 e. The van der Waals surface area contributed by atoms with E-state index in [1.807, 2.05) is 25.1 Å². The van der Waals surface area contributed by atoms with Crippen molar-refractivity contribution in [2.24, 2.45) is 4.99 Å². The lowest BCUT2D eigenvalue weighted by atomic mass is 10.2. The second-order valence-electron chi connectivity index (χ2n) is 5.09.